The average Bonchev–Trinajstić information content (AvgIpc) is 2.96. The Hall–Kier alpha value is -1.18. The number of nitrogens with one attached hydrogen (secondary N) is 2. The first-order valence-electron chi connectivity index (χ1n) is 9.91. The van der Waals surface area contributed by atoms with E-state index in [0.717, 1.165) is 36.3 Å². The molecule has 0 aromatic carbocycles. The highest BCUT2D eigenvalue weighted by atomic mass is 32.1. The van der Waals surface area contributed by atoms with E-state index < -0.39 is 0 Å². The Labute approximate surface area is 163 Å². The molecule has 1 atom stereocenters. The number of aryl methyl sites for hydroxylation is 2. The summed E-state index contributed by atoms with van der Waals surface area (Å²) >= 11 is 1.74. The molecule has 0 bridgehead atoms. The smallest absolute Gasteiger partial charge is 0.191 e. The van der Waals surface area contributed by atoms with Gasteiger partial charge in [0.05, 0.1) is 12.2 Å². The highest BCUT2D eigenvalue weighted by molar-refractivity contribution is 7.11. The maximum atomic E-state index is 4.70. The number of aliphatic imine (C=N–C) groups is 1. The van der Waals surface area contributed by atoms with Gasteiger partial charge in [0, 0.05) is 50.7 Å². The van der Waals surface area contributed by atoms with Crippen LogP contribution >= 0.6 is 11.3 Å². The molecule has 0 spiro atoms. The van der Waals surface area contributed by atoms with E-state index in [0.29, 0.717) is 12.5 Å². The van der Waals surface area contributed by atoms with Gasteiger partial charge in [-0.15, -0.1) is 11.3 Å². The van der Waals surface area contributed by atoms with Crippen LogP contribution in [0, 0.1) is 19.8 Å². The molecule has 1 unspecified atom stereocenters. The number of hydrogen-bond acceptors (Lipinski definition) is 5. The molecule has 2 N–H and O–H groups in total. The summed E-state index contributed by atoms with van der Waals surface area (Å²) < 4.78 is 0. The van der Waals surface area contributed by atoms with Gasteiger partial charge in [-0.1, -0.05) is 13.8 Å². The zero-order valence-electron chi connectivity index (χ0n) is 17.1. The number of nitrogens with zero attached hydrogens (tertiary/aromatic N) is 4. The molecule has 1 saturated heterocycles. The van der Waals surface area contributed by atoms with Crippen molar-refractivity contribution in [3.8, 4) is 0 Å². The van der Waals surface area contributed by atoms with Gasteiger partial charge < -0.3 is 20.4 Å². The first-order chi connectivity index (χ1) is 12.5. The van der Waals surface area contributed by atoms with Gasteiger partial charge in [0.25, 0.3) is 0 Å². The molecule has 1 aromatic rings. The van der Waals surface area contributed by atoms with Crippen LogP contribution in [0.3, 0.4) is 0 Å². The van der Waals surface area contributed by atoms with Crippen molar-refractivity contribution in [1.29, 1.82) is 0 Å². The molecule has 7 heteroatoms. The summed E-state index contributed by atoms with van der Waals surface area (Å²) in [7, 11) is 0. The molecule has 6 nitrogen and oxygen atoms in total. The van der Waals surface area contributed by atoms with E-state index in [9.17, 15) is 0 Å². The molecule has 1 aliphatic rings. The van der Waals surface area contributed by atoms with Crippen molar-refractivity contribution in [2.45, 2.75) is 41.2 Å². The molecule has 0 saturated carbocycles. The predicted octanol–water partition coefficient (Wildman–Crippen LogP) is 2.09. The number of rotatable bonds is 8. The second-order valence-corrected chi connectivity index (χ2v) is 8.45. The summed E-state index contributed by atoms with van der Waals surface area (Å²) in [4.78, 5) is 15.7. The normalized spacial score (nSPS) is 18.1. The van der Waals surface area contributed by atoms with Gasteiger partial charge in [-0.05, 0) is 33.2 Å². The van der Waals surface area contributed by atoms with Crippen molar-refractivity contribution >= 4 is 17.3 Å². The van der Waals surface area contributed by atoms with Gasteiger partial charge in [-0.3, -0.25) is 0 Å². The molecule has 1 aromatic heterocycles. The Kier molecular flexibility index (Phi) is 8.81. The Morgan fingerprint density at radius 2 is 1.85 bits per heavy atom. The van der Waals surface area contributed by atoms with Gasteiger partial charge in [0.2, 0.25) is 0 Å². The zero-order chi connectivity index (χ0) is 18.9. The summed E-state index contributed by atoms with van der Waals surface area (Å²) in [6.07, 6.45) is 0. The van der Waals surface area contributed by atoms with Crippen LogP contribution in [0.25, 0.3) is 0 Å². The standard InChI is InChI=1S/C19H36N6S/c1-6-20-19(22-13-18-23-16(4)17(5)26-18)21-12-15(3)14-25-10-8-24(7-2)9-11-25/h15H,6-14H2,1-5H3,(H2,20,21,22). The lowest BCUT2D eigenvalue weighted by molar-refractivity contribution is 0.124. The summed E-state index contributed by atoms with van der Waals surface area (Å²) in [6.45, 7) is 20.4. The molecule has 1 aliphatic heterocycles. The minimum atomic E-state index is 0.594. The largest absolute Gasteiger partial charge is 0.357 e. The van der Waals surface area contributed by atoms with E-state index in [4.69, 9.17) is 4.99 Å². The van der Waals surface area contributed by atoms with Gasteiger partial charge in [0.15, 0.2) is 5.96 Å². The number of piperazine rings is 1. The van der Waals surface area contributed by atoms with Crippen LogP contribution in [0.1, 0.15) is 36.3 Å². The lowest BCUT2D eigenvalue weighted by atomic mass is 10.1. The van der Waals surface area contributed by atoms with Crippen molar-refractivity contribution in [1.82, 2.24) is 25.4 Å². The fraction of sp³-hybridized carbons (Fsp3) is 0.789. The summed E-state index contributed by atoms with van der Waals surface area (Å²) in [6, 6.07) is 0. The van der Waals surface area contributed by atoms with Crippen molar-refractivity contribution < 1.29 is 0 Å². The van der Waals surface area contributed by atoms with E-state index >= 15 is 0 Å². The Morgan fingerprint density at radius 3 is 2.42 bits per heavy atom. The summed E-state index contributed by atoms with van der Waals surface area (Å²) in [5.74, 6) is 1.48. The molecule has 0 amide bonds. The van der Waals surface area contributed by atoms with Gasteiger partial charge >= 0.3 is 0 Å². The molecular formula is C19H36N6S. The average molecular weight is 381 g/mol. The minimum absolute atomic E-state index is 0.594. The van der Waals surface area contributed by atoms with Crippen LogP contribution in [-0.4, -0.2) is 73.1 Å². The van der Waals surface area contributed by atoms with Gasteiger partial charge in [0.1, 0.15) is 5.01 Å². The molecule has 148 valence electrons. The molecule has 2 rings (SSSR count). The highest BCUT2D eigenvalue weighted by Gasteiger charge is 2.17. The number of aromatic nitrogens is 1. The van der Waals surface area contributed by atoms with Crippen LogP contribution in [-0.2, 0) is 6.54 Å². The molecule has 0 radical (unpaired) electrons. The van der Waals surface area contributed by atoms with Crippen LogP contribution in [0.5, 0.6) is 0 Å². The SMILES string of the molecule is CCNC(=NCc1nc(C)c(C)s1)NCC(C)CN1CCN(CC)CC1. The van der Waals surface area contributed by atoms with Gasteiger partial charge in [-0.2, -0.15) is 0 Å². The fourth-order valence-corrected chi connectivity index (χ4v) is 4.02. The second-order valence-electron chi connectivity index (χ2n) is 7.17. The van der Waals surface area contributed by atoms with Crippen molar-refractivity contribution in [3.63, 3.8) is 0 Å². The van der Waals surface area contributed by atoms with Crippen LogP contribution < -0.4 is 10.6 Å². The van der Waals surface area contributed by atoms with Crippen LogP contribution in [0.15, 0.2) is 4.99 Å². The number of likely N-dealkylation sites (N-methyl/N-ethyl adjacent to an activating group) is 1. The minimum Gasteiger partial charge on any atom is -0.357 e. The third-order valence-electron chi connectivity index (χ3n) is 4.89. The first kappa shape index (κ1) is 21.1. The maximum absolute atomic E-state index is 4.70. The number of guanidine groups is 1. The van der Waals surface area contributed by atoms with Crippen molar-refractivity contribution in [2.24, 2.45) is 10.9 Å². The van der Waals surface area contributed by atoms with Crippen LogP contribution in [0.2, 0.25) is 0 Å². The van der Waals surface area contributed by atoms with Gasteiger partial charge in [-0.25, -0.2) is 9.98 Å². The fourth-order valence-electron chi connectivity index (χ4n) is 3.16. The third-order valence-corrected chi connectivity index (χ3v) is 5.95. The van der Waals surface area contributed by atoms with E-state index in [1.807, 2.05) is 0 Å². The molecule has 0 aliphatic carbocycles. The lowest BCUT2D eigenvalue weighted by Crippen LogP contribution is -2.48. The van der Waals surface area contributed by atoms with Crippen molar-refractivity contribution in [3.05, 3.63) is 15.6 Å². The number of hydrogen-bond donors (Lipinski definition) is 2. The van der Waals surface area contributed by atoms with E-state index in [1.54, 1.807) is 11.3 Å². The second kappa shape index (κ2) is 10.8. The molecule has 26 heavy (non-hydrogen) atoms. The molecule has 2 heterocycles. The lowest BCUT2D eigenvalue weighted by Gasteiger charge is -2.35. The Bertz CT molecular complexity index is 543. The summed E-state index contributed by atoms with van der Waals surface area (Å²) in [5, 5.41) is 7.92. The summed E-state index contributed by atoms with van der Waals surface area (Å²) in [5.41, 5.74) is 1.12. The van der Waals surface area contributed by atoms with Crippen LogP contribution in [0.4, 0.5) is 0 Å². The quantitative estimate of drug-likeness (QED) is 0.534. The maximum Gasteiger partial charge on any atom is 0.191 e. The zero-order valence-corrected chi connectivity index (χ0v) is 18.0. The van der Waals surface area contributed by atoms with E-state index in [-0.39, 0.29) is 0 Å². The number of thiazole rings is 1. The molecular weight excluding hydrogens is 344 g/mol. The van der Waals surface area contributed by atoms with E-state index in [1.165, 1.54) is 37.6 Å². The first-order valence-corrected chi connectivity index (χ1v) is 10.7. The van der Waals surface area contributed by atoms with Crippen molar-refractivity contribution in [2.75, 3.05) is 52.4 Å². The molecule has 1 fully saturated rings. The topological polar surface area (TPSA) is 55.8 Å². The Morgan fingerprint density at radius 1 is 1.15 bits per heavy atom. The highest BCUT2D eigenvalue weighted by Crippen LogP contribution is 2.16. The predicted molar refractivity (Wildman–Crippen MR) is 112 cm³/mol. The Balaban J connectivity index is 1.77. The third kappa shape index (κ3) is 6.85. The monoisotopic (exact) mass is 380 g/mol. The van der Waals surface area contributed by atoms with E-state index in [2.05, 4.69) is 60.0 Å².